The molecule has 0 unspecified atom stereocenters. The fourth-order valence-corrected chi connectivity index (χ4v) is 1.44. The van der Waals surface area contributed by atoms with Crippen LogP contribution in [0.1, 0.15) is 24.2 Å². The molecule has 1 atom stereocenters. The van der Waals surface area contributed by atoms with E-state index in [0.29, 0.717) is 0 Å². The van der Waals surface area contributed by atoms with E-state index in [1.165, 1.54) is 0 Å². The molecule has 0 saturated heterocycles. The van der Waals surface area contributed by atoms with Crippen molar-refractivity contribution >= 4 is 15.9 Å². The van der Waals surface area contributed by atoms with Gasteiger partial charge in [0, 0.05) is 4.47 Å². The highest BCUT2D eigenvalue weighted by atomic mass is 79.9. The van der Waals surface area contributed by atoms with E-state index in [1.807, 2.05) is 25.1 Å². The second-order valence-corrected chi connectivity index (χ2v) is 3.59. The number of benzene rings is 1. The average Bonchev–Trinajstić information content (AvgIpc) is 1.94. The van der Waals surface area contributed by atoms with E-state index in [9.17, 15) is 5.11 Å². The molecule has 0 saturated carbocycles. The summed E-state index contributed by atoms with van der Waals surface area (Å²) in [6, 6.07) is 5.91. The summed E-state index contributed by atoms with van der Waals surface area (Å²) in [4.78, 5) is 0. The van der Waals surface area contributed by atoms with Gasteiger partial charge in [0.2, 0.25) is 0 Å². The quantitative estimate of drug-likeness (QED) is 0.763. The molecule has 1 aromatic rings. The lowest BCUT2D eigenvalue weighted by Gasteiger charge is -2.08. The fourth-order valence-electron chi connectivity index (χ4n) is 1.06. The molecule has 1 aromatic carbocycles. The maximum Gasteiger partial charge on any atom is 0.0764 e. The Morgan fingerprint density at radius 1 is 1.45 bits per heavy atom. The van der Waals surface area contributed by atoms with Crippen LogP contribution in [0.2, 0.25) is 0 Å². The summed E-state index contributed by atoms with van der Waals surface area (Å²) in [5, 5.41) is 9.31. The van der Waals surface area contributed by atoms with Crippen molar-refractivity contribution in [3.8, 4) is 0 Å². The molecule has 0 aromatic heterocycles. The second kappa shape index (κ2) is 3.37. The number of rotatable bonds is 1. The van der Waals surface area contributed by atoms with Crippen LogP contribution < -0.4 is 0 Å². The zero-order chi connectivity index (χ0) is 8.43. The molecule has 0 aliphatic heterocycles. The van der Waals surface area contributed by atoms with Gasteiger partial charge in [-0.05, 0) is 37.1 Å². The third kappa shape index (κ3) is 2.04. The zero-order valence-corrected chi connectivity index (χ0v) is 8.22. The Hall–Kier alpha value is -0.340. The normalized spacial score (nSPS) is 13.1. The van der Waals surface area contributed by atoms with Crippen LogP contribution in [0.5, 0.6) is 0 Å². The molecule has 0 spiro atoms. The minimum atomic E-state index is -0.382. The van der Waals surface area contributed by atoms with E-state index >= 15 is 0 Å². The first-order valence-corrected chi connectivity index (χ1v) is 4.34. The molecule has 0 amide bonds. The van der Waals surface area contributed by atoms with Crippen LogP contribution in [-0.2, 0) is 0 Å². The number of hydrogen-bond acceptors (Lipinski definition) is 1. The van der Waals surface area contributed by atoms with Crippen LogP contribution in [0.4, 0.5) is 0 Å². The molecule has 2 heteroatoms. The van der Waals surface area contributed by atoms with E-state index in [4.69, 9.17) is 0 Å². The van der Waals surface area contributed by atoms with Crippen LogP contribution in [0.15, 0.2) is 22.7 Å². The van der Waals surface area contributed by atoms with Crippen LogP contribution in [0.3, 0.4) is 0 Å². The first-order chi connectivity index (χ1) is 5.11. The molecule has 0 aliphatic rings. The van der Waals surface area contributed by atoms with Crippen LogP contribution >= 0.6 is 15.9 Å². The van der Waals surface area contributed by atoms with E-state index in [0.717, 1.165) is 15.6 Å². The molecular weight excluding hydrogens is 204 g/mol. The van der Waals surface area contributed by atoms with Gasteiger partial charge in [-0.3, -0.25) is 0 Å². The summed E-state index contributed by atoms with van der Waals surface area (Å²) in [5.41, 5.74) is 2.11. The summed E-state index contributed by atoms with van der Waals surface area (Å²) >= 11 is 3.35. The lowest BCUT2D eigenvalue weighted by Crippen LogP contribution is -1.93. The third-order valence-corrected chi connectivity index (χ3v) is 2.18. The fraction of sp³-hybridized carbons (Fsp3) is 0.333. The van der Waals surface area contributed by atoms with Gasteiger partial charge in [0.05, 0.1) is 6.10 Å². The topological polar surface area (TPSA) is 20.2 Å². The highest BCUT2D eigenvalue weighted by Crippen LogP contribution is 2.21. The zero-order valence-electron chi connectivity index (χ0n) is 6.63. The Morgan fingerprint density at radius 2 is 2.09 bits per heavy atom. The van der Waals surface area contributed by atoms with Gasteiger partial charge in [0.25, 0.3) is 0 Å². The van der Waals surface area contributed by atoms with Crippen LogP contribution in [0.25, 0.3) is 0 Å². The minimum absolute atomic E-state index is 0.382. The summed E-state index contributed by atoms with van der Waals surface area (Å²) in [6.07, 6.45) is -0.382. The smallest absolute Gasteiger partial charge is 0.0764 e. The molecule has 0 bridgehead atoms. The molecule has 1 N–H and O–H groups in total. The highest BCUT2D eigenvalue weighted by molar-refractivity contribution is 9.10. The van der Waals surface area contributed by atoms with Gasteiger partial charge >= 0.3 is 0 Å². The van der Waals surface area contributed by atoms with Crippen molar-refractivity contribution in [2.24, 2.45) is 0 Å². The first kappa shape index (κ1) is 8.75. The van der Waals surface area contributed by atoms with E-state index in [2.05, 4.69) is 15.9 Å². The second-order valence-electron chi connectivity index (χ2n) is 2.68. The first-order valence-electron chi connectivity index (χ1n) is 3.55. The molecular formula is C9H11BrO. The number of hydrogen-bond donors (Lipinski definition) is 1. The summed E-state index contributed by atoms with van der Waals surface area (Å²) in [7, 11) is 0. The van der Waals surface area contributed by atoms with Crippen molar-refractivity contribution in [3.05, 3.63) is 33.8 Å². The Balaban J connectivity index is 3.13. The van der Waals surface area contributed by atoms with Gasteiger partial charge in [-0.25, -0.2) is 0 Å². The van der Waals surface area contributed by atoms with Crippen molar-refractivity contribution in [1.82, 2.24) is 0 Å². The maximum absolute atomic E-state index is 9.31. The monoisotopic (exact) mass is 214 g/mol. The molecule has 11 heavy (non-hydrogen) atoms. The molecule has 1 nitrogen and oxygen atoms in total. The maximum atomic E-state index is 9.31. The van der Waals surface area contributed by atoms with Gasteiger partial charge in [0.15, 0.2) is 0 Å². The predicted molar refractivity (Wildman–Crippen MR) is 49.5 cm³/mol. The van der Waals surface area contributed by atoms with Gasteiger partial charge in [0.1, 0.15) is 0 Å². The lowest BCUT2D eigenvalue weighted by molar-refractivity contribution is 0.198. The molecule has 0 aliphatic carbocycles. The van der Waals surface area contributed by atoms with E-state index < -0.39 is 0 Å². The van der Waals surface area contributed by atoms with Gasteiger partial charge in [-0.2, -0.15) is 0 Å². The summed E-state index contributed by atoms with van der Waals surface area (Å²) < 4.78 is 1.01. The van der Waals surface area contributed by atoms with Crippen molar-refractivity contribution in [2.45, 2.75) is 20.0 Å². The van der Waals surface area contributed by atoms with Crippen molar-refractivity contribution in [3.63, 3.8) is 0 Å². The van der Waals surface area contributed by atoms with E-state index in [1.54, 1.807) is 6.92 Å². The highest BCUT2D eigenvalue weighted by Gasteiger charge is 2.03. The number of aliphatic hydroxyl groups is 1. The standard InChI is InChI=1S/C9H11BrO/c1-6-3-4-8(10)5-9(6)7(2)11/h3-5,7,11H,1-2H3/t7-/m1/s1. The molecule has 0 heterocycles. The number of aliphatic hydroxyl groups excluding tert-OH is 1. The summed E-state index contributed by atoms with van der Waals surface area (Å²) in [6.45, 7) is 3.77. The average molecular weight is 215 g/mol. The van der Waals surface area contributed by atoms with Gasteiger partial charge in [-0.1, -0.05) is 22.0 Å². The van der Waals surface area contributed by atoms with Crippen molar-refractivity contribution in [2.75, 3.05) is 0 Å². The lowest BCUT2D eigenvalue weighted by atomic mass is 10.1. The van der Waals surface area contributed by atoms with E-state index in [-0.39, 0.29) is 6.10 Å². The Labute approximate surface area is 75.2 Å². The minimum Gasteiger partial charge on any atom is -0.389 e. The predicted octanol–water partition coefficient (Wildman–Crippen LogP) is 2.81. The Bertz CT molecular complexity index is 256. The molecule has 60 valence electrons. The van der Waals surface area contributed by atoms with Gasteiger partial charge in [-0.15, -0.1) is 0 Å². The van der Waals surface area contributed by atoms with Crippen molar-refractivity contribution < 1.29 is 5.11 Å². The third-order valence-electron chi connectivity index (χ3n) is 1.69. The molecule has 0 fully saturated rings. The summed E-state index contributed by atoms with van der Waals surface area (Å²) in [5.74, 6) is 0. The number of halogens is 1. The largest absolute Gasteiger partial charge is 0.389 e. The van der Waals surface area contributed by atoms with Crippen molar-refractivity contribution in [1.29, 1.82) is 0 Å². The Morgan fingerprint density at radius 3 is 2.55 bits per heavy atom. The molecule has 0 radical (unpaired) electrons. The number of aryl methyl sites for hydroxylation is 1. The van der Waals surface area contributed by atoms with Gasteiger partial charge < -0.3 is 5.11 Å². The van der Waals surface area contributed by atoms with Crippen LogP contribution in [0, 0.1) is 6.92 Å². The SMILES string of the molecule is Cc1ccc(Br)cc1[C@@H](C)O. The van der Waals surface area contributed by atoms with Crippen LogP contribution in [-0.4, -0.2) is 5.11 Å². The Kier molecular flexibility index (Phi) is 2.68. The molecule has 1 rings (SSSR count).